The first-order valence-corrected chi connectivity index (χ1v) is 6.42. The molecule has 19 heavy (non-hydrogen) atoms. The van der Waals surface area contributed by atoms with E-state index in [0.29, 0.717) is 11.5 Å². The Labute approximate surface area is 114 Å². The molecule has 0 amide bonds. The number of benzene rings is 1. The zero-order valence-corrected chi connectivity index (χ0v) is 12.0. The predicted molar refractivity (Wildman–Crippen MR) is 76.3 cm³/mol. The normalized spacial score (nSPS) is 13.5. The van der Waals surface area contributed by atoms with Crippen LogP contribution in [-0.2, 0) is 4.74 Å². The first kappa shape index (κ1) is 15.4. The Morgan fingerprint density at radius 3 is 2.42 bits per heavy atom. The molecule has 1 atom stereocenters. The third-order valence-corrected chi connectivity index (χ3v) is 2.92. The smallest absolute Gasteiger partial charge is 0.337 e. The van der Waals surface area contributed by atoms with E-state index in [9.17, 15) is 9.90 Å². The molecule has 0 radical (unpaired) electrons. The summed E-state index contributed by atoms with van der Waals surface area (Å²) in [6.45, 7) is 5.61. The summed E-state index contributed by atoms with van der Waals surface area (Å²) in [7, 11) is 1.38. The molecule has 0 aliphatic carbocycles. The van der Waals surface area contributed by atoms with E-state index >= 15 is 0 Å². The largest absolute Gasteiger partial charge is 0.465 e. The average molecular weight is 262 g/mol. The second-order valence-corrected chi connectivity index (χ2v) is 5.31. The summed E-state index contributed by atoms with van der Waals surface area (Å²) < 4.78 is 4.66. The summed E-state index contributed by atoms with van der Waals surface area (Å²) >= 11 is 0. The fourth-order valence-corrected chi connectivity index (χ4v) is 1.76. The Bertz CT molecular complexity index is 438. The minimum Gasteiger partial charge on any atom is -0.465 e. The first-order chi connectivity index (χ1) is 8.83. The van der Waals surface area contributed by atoms with Crippen molar-refractivity contribution in [3.8, 4) is 0 Å². The van der Waals surface area contributed by atoms with Crippen LogP contribution in [0.3, 0.4) is 0 Å². The Kier molecular flexibility index (Phi) is 5.31. The number of esters is 1. The number of rotatable bonds is 5. The van der Waals surface area contributed by atoms with Gasteiger partial charge in [0.1, 0.15) is 0 Å². The Morgan fingerprint density at radius 1 is 1.37 bits per heavy atom. The molecule has 0 bridgehead atoms. The standard InChI is InChI=1S/C16H22O3/c1-12(6-5-11-16(2,3)18)13-7-9-14(10-8-13)15(17)19-4/h5,7-12,18H,6H2,1-4H3/b11-5+/t12-/m1/s1. The van der Waals surface area contributed by atoms with Crippen LogP contribution in [-0.4, -0.2) is 23.8 Å². The number of allylic oxidation sites excluding steroid dienone is 1. The van der Waals surface area contributed by atoms with Crippen molar-refractivity contribution in [3.63, 3.8) is 0 Å². The summed E-state index contributed by atoms with van der Waals surface area (Å²) in [6.07, 6.45) is 4.63. The van der Waals surface area contributed by atoms with Crippen molar-refractivity contribution in [3.05, 3.63) is 47.5 Å². The van der Waals surface area contributed by atoms with Gasteiger partial charge in [-0.15, -0.1) is 0 Å². The Hall–Kier alpha value is -1.61. The van der Waals surface area contributed by atoms with Crippen molar-refractivity contribution >= 4 is 5.97 Å². The topological polar surface area (TPSA) is 46.5 Å². The molecule has 0 spiro atoms. The SMILES string of the molecule is COC(=O)c1ccc([C@H](C)C/C=C/C(C)(C)O)cc1. The van der Waals surface area contributed by atoms with Gasteiger partial charge < -0.3 is 9.84 Å². The van der Waals surface area contributed by atoms with E-state index in [4.69, 9.17) is 0 Å². The van der Waals surface area contributed by atoms with E-state index in [1.165, 1.54) is 7.11 Å². The number of hydrogen-bond acceptors (Lipinski definition) is 3. The molecule has 104 valence electrons. The van der Waals surface area contributed by atoms with E-state index in [2.05, 4.69) is 11.7 Å². The maximum absolute atomic E-state index is 11.3. The molecule has 0 heterocycles. The van der Waals surface area contributed by atoms with Crippen LogP contribution in [0, 0.1) is 0 Å². The van der Waals surface area contributed by atoms with Gasteiger partial charge in [0.2, 0.25) is 0 Å². The fourth-order valence-electron chi connectivity index (χ4n) is 1.76. The van der Waals surface area contributed by atoms with Gasteiger partial charge in [-0.3, -0.25) is 0 Å². The number of methoxy groups -OCH3 is 1. The molecule has 3 heteroatoms. The van der Waals surface area contributed by atoms with E-state index in [-0.39, 0.29) is 5.97 Å². The van der Waals surface area contributed by atoms with Gasteiger partial charge in [-0.1, -0.05) is 31.2 Å². The molecule has 0 saturated carbocycles. The molecule has 0 aliphatic rings. The summed E-state index contributed by atoms with van der Waals surface area (Å²) in [4.78, 5) is 11.3. The van der Waals surface area contributed by atoms with Gasteiger partial charge >= 0.3 is 5.97 Å². The van der Waals surface area contributed by atoms with Gasteiger partial charge in [-0.25, -0.2) is 4.79 Å². The van der Waals surface area contributed by atoms with Crippen molar-refractivity contribution in [1.82, 2.24) is 0 Å². The number of hydrogen-bond donors (Lipinski definition) is 1. The lowest BCUT2D eigenvalue weighted by atomic mass is 9.95. The zero-order valence-electron chi connectivity index (χ0n) is 12.0. The average Bonchev–Trinajstić information content (AvgIpc) is 2.36. The minimum absolute atomic E-state index is 0.318. The molecule has 0 saturated heterocycles. The van der Waals surface area contributed by atoms with Gasteiger partial charge in [0.15, 0.2) is 0 Å². The van der Waals surface area contributed by atoms with E-state index in [1.54, 1.807) is 32.1 Å². The molecule has 1 rings (SSSR count). The summed E-state index contributed by atoms with van der Waals surface area (Å²) in [5, 5.41) is 9.59. The van der Waals surface area contributed by atoms with E-state index < -0.39 is 5.60 Å². The van der Waals surface area contributed by atoms with Crippen LogP contribution in [0.1, 0.15) is 49.0 Å². The van der Waals surface area contributed by atoms with Crippen LogP contribution in [0.5, 0.6) is 0 Å². The minimum atomic E-state index is -0.769. The maximum atomic E-state index is 11.3. The highest BCUT2D eigenvalue weighted by Crippen LogP contribution is 2.20. The number of carbonyl (C=O) groups excluding carboxylic acids is 1. The summed E-state index contributed by atoms with van der Waals surface area (Å²) in [5.74, 6) is 0.0198. The molecular weight excluding hydrogens is 240 g/mol. The van der Waals surface area contributed by atoms with E-state index in [1.807, 2.05) is 18.2 Å². The van der Waals surface area contributed by atoms with Crippen LogP contribution in [0.15, 0.2) is 36.4 Å². The van der Waals surface area contributed by atoms with Crippen molar-refractivity contribution in [1.29, 1.82) is 0 Å². The first-order valence-electron chi connectivity index (χ1n) is 6.42. The highest BCUT2D eigenvalue weighted by molar-refractivity contribution is 5.89. The number of ether oxygens (including phenoxy) is 1. The van der Waals surface area contributed by atoms with Crippen LogP contribution in [0.25, 0.3) is 0 Å². The molecule has 0 unspecified atom stereocenters. The Morgan fingerprint density at radius 2 is 1.95 bits per heavy atom. The molecule has 0 fully saturated rings. The van der Waals surface area contributed by atoms with Crippen LogP contribution >= 0.6 is 0 Å². The van der Waals surface area contributed by atoms with E-state index in [0.717, 1.165) is 12.0 Å². The van der Waals surface area contributed by atoms with Crippen molar-refractivity contribution in [2.75, 3.05) is 7.11 Å². The molecule has 0 aromatic heterocycles. The van der Waals surface area contributed by atoms with Crippen LogP contribution < -0.4 is 0 Å². The van der Waals surface area contributed by atoms with Crippen LogP contribution in [0.4, 0.5) is 0 Å². The summed E-state index contributed by atoms with van der Waals surface area (Å²) in [6, 6.07) is 7.43. The maximum Gasteiger partial charge on any atom is 0.337 e. The molecule has 0 aliphatic heterocycles. The second kappa shape index (κ2) is 6.53. The molecule has 3 nitrogen and oxygen atoms in total. The number of carbonyl (C=O) groups is 1. The summed E-state index contributed by atoms with van der Waals surface area (Å²) in [5.41, 5.74) is 0.951. The van der Waals surface area contributed by atoms with Gasteiger partial charge in [0, 0.05) is 0 Å². The lowest BCUT2D eigenvalue weighted by Gasteiger charge is -2.13. The van der Waals surface area contributed by atoms with Crippen molar-refractivity contribution in [2.45, 2.75) is 38.7 Å². The molecule has 1 aromatic carbocycles. The third kappa shape index (κ3) is 5.26. The van der Waals surface area contributed by atoms with Crippen molar-refractivity contribution < 1.29 is 14.6 Å². The van der Waals surface area contributed by atoms with Gasteiger partial charge in [0.05, 0.1) is 18.3 Å². The van der Waals surface area contributed by atoms with Crippen LogP contribution in [0.2, 0.25) is 0 Å². The predicted octanol–water partition coefficient (Wildman–Crippen LogP) is 3.29. The number of aliphatic hydroxyl groups is 1. The van der Waals surface area contributed by atoms with Crippen molar-refractivity contribution in [2.24, 2.45) is 0 Å². The fraction of sp³-hybridized carbons (Fsp3) is 0.438. The van der Waals surface area contributed by atoms with Gasteiger partial charge in [-0.05, 0) is 43.9 Å². The quantitative estimate of drug-likeness (QED) is 0.654. The Balaban J connectivity index is 2.65. The molecule has 1 aromatic rings. The second-order valence-electron chi connectivity index (χ2n) is 5.31. The lowest BCUT2D eigenvalue weighted by molar-refractivity contribution is 0.0600. The molecular formula is C16H22O3. The van der Waals surface area contributed by atoms with Gasteiger partial charge in [-0.2, -0.15) is 0 Å². The molecule has 1 N–H and O–H groups in total. The highest BCUT2D eigenvalue weighted by Gasteiger charge is 2.09. The zero-order chi connectivity index (χ0) is 14.5. The lowest BCUT2D eigenvalue weighted by Crippen LogP contribution is -2.13. The van der Waals surface area contributed by atoms with Gasteiger partial charge in [0.25, 0.3) is 0 Å². The highest BCUT2D eigenvalue weighted by atomic mass is 16.5. The monoisotopic (exact) mass is 262 g/mol. The third-order valence-electron chi connectivity index (χ3n) is 2.92.